The van der Waals surface area contributed by atoms with Crippen molar-refractivity contribution in [2.45, 2.75) is 64.9 Å². The Balaban J connectivity index is 1.84. The molecular formula is C24H37NO6. The Morgan fingerprint density at radius 2 is 1.84 bits per heavy atom. The third-order valence-electron chi connectivity index (χ3n) is 5.55. The zero-order valence-corrected chi connectivity index (χ0v) is 18.9. The molecule has 0 bridgehead atoms. The Labute approximate surface area is 185 Å². The van der Waals surface area contributed by atoms with Crippen molar-refractivity contribution < 1.29 is 28.9 Å². The molecule has 1 amide bonds. The summed E-state index contributed by atoms with van der Waals surface area (Å²) in [5.74, 6) is 0.271. The van der Waals surface area contributed by atoms with Crippen LogP contribution in [0.3, 0.4) is 0 Å². The van der Waals surface area contributed by atoms with Gasteiger partial charge in [0, 0.05) is 19.6 Å². The summed E-state index contributed by atoms with van der Waals surface area (Å²) in [5, 5.41) is 9.21. The van der Waals surface area contributed by atoms with E-state index in [1.54, 1.807) is 11.8 Å². The SMILES string of the molecule is CCCCOC(=O)N(CCOc1ccc(CC(OCC)C(=O)O)cc1)CC1CCCC1. The summed E-state index contributed by atoms with van der Waals surface area (Å²) >= 11 is 0. The van der Waals surface area contributed by atoms with Crippen molar-refractivity contribution in [1.29, 1.82) is 0 Å². The lowest BCUT2D eigenvalue weighted by Gasteiger charge is -2.25. The second kappa shape index (κ2) is 13.9. The number of carboxylic acids is 1. The molecule has 1 fully saturated rings. The highest BCUT2D eigenvalue weighted by Crippen LogP contribution is 2.25. The molecule has 0 aromatic heterocycles. The molecule has 0 radical (unpaired) electrons. The van der Waals surface area contributed by atoms with Crippen molar-refractivity contribution in [1.82, 2.24) is 4.90 Å². The fourth-order valence-corrected chi connectivity index (χ4v) is 3.79. The van der Waals surface area contributed by atoms with Gasteiger partial charge >= 0.3 is 12.1 Å². The van der Waals surface area contributed by atoms with Crippen molar-refractivity contribution in [2.24, 2.45) is 5.92 Å². The highest BCUT2D eigenvalue weighted by molar-refractivity contribution is 5.72. The average molecular weight is 436 g/mol. The van der Waals surface area contributed by atoms with E-state index < -0.39 is 12.1 Å². The Morgan fingerprint density at radius 1 is 1.13 bits per heavy atom. The Bertz CT molecular complexity index is 657. The Hall–Kier alpha value is -2.28. The lowest BCUT2D eigenvalue weighted by atomic mass is 10.1. The molecular weight excluding hydrogens is 398 g/mol. The first-order valence-electron chi connectivity index (χ1n) is 11.5. The van der Waals surface area contributed by atoms with Crippen molar-refractivity contribution >= 4 is 12.1 Å². The number of rotatable bonds is 14. The quantitative estimate of drug-likeness (QED) is 0.432. The van der Waals surface area contributed by atoms with Crippen LogP contribution in [0, 0.1) is 5.92 Å². The van der Waals surface area contributed by atoms with Crippen molar-refractivity contribution in [2.75, 3.05) is 32.9 Å². The molecule has 1 aliphatic carbocycles. The van der Waals surface area contributed by atoms with E-state index >= 15 is 0 Å². The molecule has 1 atom stereocenters. The number of carbonyl (C=O) groups is 2. The third-order valence-corrected chi connectivity index (χ3v) is 5.55. The molecule has 0 spiro atoms. The maximum Gasteiger partial charge on any atom is 0.409 e. The van der Waals surface area contributed by atoms with E-state index in [1.807, 2.05) is 24.3 Å². The number of hydrogen-bond acceptors (Lipinski definition) is 5. The smallest absolute Gasteiger partial charge is 0.409 e. The number of ether oxygens (including phenoxy) is 3. The van der Waals surface area contributed by atoms with E-state index in [-0.39, 0.29) is 6.09 Å². The summed E-state index contributed by atoms with van der Waals surface area (Å²) < 4.78 is 16.5. The van der Waals surface area contributed by atoms with Crippen LogP contribution >= 0.6 is 0 Å². The Kier molecular flexibility index (Phi) is 11.2. The molecule has 1 N–H and O–H groups in total. The summed E-state index contributed by atoms with van der Waals surface area (Å²) in [5.41, 5.74) is 0.871. The highest BCUT2D eigenvalue weighted by Gasteiger charge is 2.23. The molecule has 1 aliphatic rings. The van der Waals surface area contributed by atoms with Crippen LogP contribution in [0.25, 0.3) is 0 Å². The van der Waals surface area contributed by atoms with Gasteiger partial charge < -0.3 is 24.2 Å². The largest absolute Gasteiger partial charge is 0.492 e. The third kappa shape index (κ3) is 9.17. The minimum Gasteiger partial charge on any atom is -0.492 e. The lowest BCUT2D eigenvalue weighted by Crippen LogP contribution is -2.38. The summed E-state index contributed by atoms with van der Waals surface area (Å²) in [7, 11) is 0. The normalized spacial score (nSPS) is 14.9. The average Bonchev–Trinajstić information content (AvgIpc) is 3.27. The van der Waals surface area contributed by atoms with Gasteiger partial charge in [-0.15, -0.1) is 0 Å². The fourth-order valence-electron chi connectivity index (χ4n) is 3.79. The van der Waals surface area contributed by atoms with E-state index in [9.17, 15) is 14.7 Å². The first-order chi connectivity index (χ1) is 15.0. The number of carbonyl (C=O) groups excluding carboxylic acids is 1. The van der Waals surface area contributed by atoms with Crippen molar-refractivity contribution in [3.63, 3.8) is 0 Å². The number of unbranched alkanes of at least 4 members (excludes halogenated alkanes) is 1. The molecule has 31 heavy (non-hydrogen) atoms. The summed E-state index contributed by atoms with van der Waals surface area (Å²) in [6.45, 7) is 6.25. The van der Waals surface area contributed by atoms with Gasteiger partial charge in [-0.25, -0.2) is 9.59 Å². The molecule has 1 aromatic rings. The molecule has 0 aliphatic heterocycles. The maximum atomic E-state index is 12.5. The number of nitrogens with zero attached hydrogens (tertiary/aromatic N) is 1. The minimum absolute atomic E-state index is 0.255. The standard InChI is InChI=1S/C24H37NO6/c1-3-5-15-31-24(28)25(18-20-8-6-7-9-20)14-16-30-21-12-10-19(11-13-21)17-22(23(26)27)29-4-2/h10-13,20,22H,3-9,14-18H2,1-2H3,(H,26,27). The van der Waals surface area contributed by atoms with Crippen LogP contribution in [0.4, 0.5) is 4.79 Å². The van der Waals surface area contributed by atoms with Gasteiger partial charge in [0.2, 0.25) is 0 Å². The molecule has 7 heteroatoms. The van der Waals surface area contributed by atoms with Gasteiger partial charge in [0.25, 0.3) is 0 Å². The van der Waals surface area contributed by atoms with Crippen LogP contribution < -0.4 is 4.74 Å². The van der Waals surface area contributed by atoms with Gasteiger partial charge in [0.15, 0.2) is 6.10 Å². The number of amides is 1. The van der Waals surface area contributed by atoms with Crippen LogP contribution in [-0.4, -0.2) is 61.1 Å². The summed E-state index contributed by atoms with van der Waals surface area (Å²) in [6.07, 6.45) is 5.87. The first-order valence-corrected chi connectivity index (χ1v) is 11.5. The van der Waals surface area contributed by atoms with Crippen LogP contribution in [0.5, 0.6) is 5.75 Å². The molecule has 1 saturated carbocycles. The predicted molar refractivity (Wildman–Crippen MR) is 118 cm³/mol. The zero-order valence-electron chi connectivity index (χ0n) is 18.9. The van der Waals surface area contributed by atoms with E-state index in [2.05, 4.69) is 6.92 Å². The van der Waals surface area contributed by atoms with Crippen molar-refractivity contribution in [3.8, 4) is 5.75 Å². The maximum absolute atomic E-state index is 12.5. The molecule has 7 nitrogen and oxygen atoms in total. The molecule has 1 aromatic carbocycles. The van der Waals surface area contributed by atoms with Gasteiger partial charge in [-0.05, 0) is 49.8 Å². The van der Waals surface area contributed by atoms with Gasteiger partial charge in [-0.3, -0.25) is 0 Å². The number of carboxylic acid groups (broad SMARTS) is 1. The zero-order chi connectivity index (χ0) is 22.5. The van der Waals surface area contributed by atoms with Crippen molar-refractivity contribution in [3.05, 3.63) is 29.8 Å². The first kappa shape index (κ1) is 25.0. The van der Waals surface area contributed by atoms with Crippen LogP contribution in [0.15, 0.2) is 24.3 Å². The van der Waals surface area contributed by atoms with Gasteiger partial charge in [0.05, 0.1) is 13.2 Å². The van der Waals surface area contributed by atoms with E-state index in [0.717, 1.165) is 24.9 Å². The van der Waals surface area contributed by atoms with E-state index in [1.165, 1.54) is 25.7 Å². The van der Waals surface area contributed by atoms with E-state index in [4.69, 9.17) is 14.2 Å². The lowest BCUT2D eigenvalue weighted by molar-refractivity contribution is -0.149. The number of hydrogen-bond donors (Lipinski definition) is 1. The second-order valence-electron chi connectivity index (χ2n) is 8.04. The van der Waals surface area contributed by atoms with Gasteiger partial charge in [0.1, 0.15) is 12.4 Å². The number of benzene rings is 1. The monoisotopic (exact) mass is 435 g/mol. The Morgan fingerprint density at radius 3 is 2.45 bits per heavy atom. The van der Waals surface area contributed by atoms with Crippen LogP contribution in [0.1, 0.15) is 57.9 Å². The molecule has 0 heterocycles. The van der Waals surface area contributed by atoms with E-state index in [0.29, 0.717) is 44.5 Å². The topological polar surface area (TPSA) is 85.3 Å². The second-order valence-corrected chi connectivity index (χ2v) is 8.04. The fraction of sp³-hybridized carbons (Fsp3) is 0.667. The van der Waals surface area contributed by atoms with Crippen LogP contribution in [0.2, 0.25) is 0 Å². The number of aliphatic carboxylic acids is 1. The molecule has 2 rings (SSSR count). The van der Waals surface area contributed by atoms with Gasteiger partial charge in [-0.2, -0.15) is 0 Å². The van der Waals surface area contributed by atoms with Gasteiger partial charge in [-0.1, -0.05) is 38.3 Å². The minimum atomic E-state index is -0.963. The molecule has 1 unspecified atom stereocenters. The molecule has 174 valence electrons. The summed E-state index contributed by atoms with van der Waals surface area (Å²) in [6, 6.07) is 7.33. The summed E-state index contributed by atoms with van der Waals surface area (Å²) in [4.78, 5) is 25.5. The molecule has 0 saturated heterocycles. The predicted octanol–water partition coefficient (Wildman–Crippen LogP) is 4.53. The van der Waals surface area contributed by atoms with Crippen LogP contribution in [-0.2, 0) is 20.7 Å². The highest BCUT2D eigenvalue weighted by atomic mass is 16.6.